The molecular weight excluding hydrogens is 52.0 g/mol. The highest BCUT2D eigenvalue weighted by Crippen LogP contribution is 2.04. The Bertz CT molecular complexity index is 72.7. The normalized spacial score (nSPS) is 54.0. The summed E-state index contributed by atoms with van der Waals surface area (Å²) in [6.07, 6.45) is -0.451. The van der Waals surface area contributed by atoms with E-state index in [1.54, 1.807) is 0 Å². The molecule has 0 N–H and O–H groups in total. The van der Waals surface area contributed by atoms with Crippen LogP contribution in [-0.2, 0) is 4.74 Å². The number of rotatable bonds is 0. The van der Waals surface area contributed by atoms with E-state index in [0.717, 1.165) is 0 Å². The van der Waals surface area contributed by atoms with Gasteiger partial charge in [0.25, 0.3) is 0 Å². The molecule has 1 fully saturated rings. The quantitative estimate of drug-likeness (QED) is 0.369. The van der Waals surface area contributed by atoms with Crippen molar-refractivity contribution in [2.24, 2.45) is 0 Å². The van der Waals surface area contributed by atoms with Crippen molar-refractivity contribution < 1.29 is 8.85 Å². The van der Waals surface area contributed by atoms with E-state index in [1.165, 1.54) is 0 Å². The highest BCUT2D eigenvalue weighted by Gasteiger charge is 2.13. The summed E-state index contributed by atoms with van der Waals surface area (Å²) >= 11 is 0. The molecule has 0 aromatic heterocycles. The SMILES string of the molecule is [2H]C([2H])([2H])C1CO1. The van der Waals surface area contributed by atoms with Crippen molar-refractivity contribution in [2.45, 2.75) is 13.0 Å². The monoisotopic (exact) mass is 61.1 g/mol. The van der Waals surface area contributed by atoms with Gasteiger partial charge in [-0.1, -0.05) is 0 Å². The zero-order valence-electron chi connectivity index (χ0n) is 5.19. The third-order valence-corrected chi connectivity index (χ3v) is 0.333. The summed E-state index contributed by atoms with van der Waals surface area (Å²) in [5.41, 5.74) is 0. The van der Waals surface area contributed by atoms with E-state index >= 15 is 0 Å². The number of hydrogen-bond donors (Lipinski definition) is 0. The standard InChI is InChI=1S/C3H6O/c1-3-2-4-3/h3H,2H2,1H3/i1D3. The van der Waals surface area contributed by atoms with Crippen LogP contribution in [0.15, 0.2) is 0 Å². The first-order valence-electron chi connectivity index (χ1n) is 2.72. The molecule has 1 aliphatic heterocycles. The fourth-order valence-corrected chi connectivity index (χ4v) is 0.0481. The van der Waals surface area contributed by atoms with E-state index in [1.807, 2.05) is 0 Å². The molecule has 0 radical (unpaired) electrons. The topological polar surface area (TPSA) is 12.5 Å². The van der Waals surface area contributed by atoms with Crippen molar-refractivity contribution >= 4 is 0 Å². The Balaban J connectivity index is 2.36. The van der Waals surface area contributed by atoms with Gasteiger partial charge in [-0.05, 0) is 6.85 Å². The van der Waals surface area contributed by atoms with Gasteiger partial charge < -0.3 is 4.74 Å². The number of hydrogen-bond acceptors (Lipinski definition) is 1. The van der Waals surface area contributed by atoms with Crippen molar-refractivity contribution in [1.29, 1.82) is 0 Å². The molecule has 0 aliphatic carbocycles. The summed E-state index contributed by atoms with van der Waals surface area (Å²) in [5, 5.41) is 0. The Morgan fingerprint density at radius 3 is 3.25 bits per heavy atom. The van der Waals surface area contributed by atoms with Gasteiger partial charge >= 0.3 is 0 Å². The first-order valence-corrected chi connectivity index (χ1v) is 1.22. The van der Waals surface area contributed by atoms with Crippen LogP contribution in [0, 0.1) is 0 Å². The van der Waals surface area contributed by atoms with Crippen molar-refractivity contribution in [3.8, 4) is 0 Å². The molecule has 1 rings (SSSR count). The maximum absolute atomic E-state index is 6.66. The first-order chi connectivity index (χ1) is 3.11. The minimum Gasteiger partial charge on any atom is -0.373 e. The maximum Gasteiger partial charge on any atom is 0.0781 e. The second-order valence-corrected chi connectivity index (χ2v) is 0.822. The van der Waals surface area contributed by atoms with Crippen LogP contribution in [0.3, 0.4) is 0 Å². The molecule has 4 heavy (non-hydrogen) atoms. The van der Waals surface area contributed by atoms with Gasteiger partial charge in [-0.15, -0.1) is 0 Å². The highest BCUT2D eigenvalue weighted by molar-refractivity contribution is 4.58. The molecule has 1 heteroatoms. The van der Waals surface area contributed by atoms with E-state index in [2.05, 4.69) is 4.74 Å². The predicted octanol–water partition coefficient (Wildman–Crippen LogP) is 0.405. The van der Waals surface area contributed by atoms with E-state index < -0.39 is 13.0 Å². The van der Waals surface area contributed by atoms with Gasteiger partial charge in [0, 0.05) is 4.11 Å². The lowest BCUT2D eigenvalue weighted by Gasteiger charge is -1.50. The summed E-state index contributed by atoms with van der Waals surface area (Å²) in [6, 6.07) is 0. The van der Waals surface area contributed by atoms with Crippen molar-refractivity contribution in [1.82, 2.24) is 0 Å². The predicted molar refractivity (Wildman–Crippen MR) is 15.4 cm³/mol. The Kier molecular flexibility index (Phi) is 0.0828. The van der Waals surface area contributed by atoms with Crippen molar-refractivity contribution in [3.05, 3.63) is 0 Å². The largest absolute Gasteiger partial charge is 0.373 e. The van der Waals surface area contributed by atoms with Crippen LogP contribution < -0.4 is 0 Å². The molecule has 1 aliphatic rings. The molecule has 0 bridgehead atoms. The summed E-state index contributed by atoms with van der Waals surface area (Å²) in [6.45, 7) is -1.45. The molecule has 0 amide bonds. The van der Waals surface area contributed by atoms with E-state index in [9.17, 15) is 0 Å². The fraction of sp³-hybridized carbons (Fsp3) is 1.00. The van der Waals surface area contributed by atoms with Crippen LogP contribution in [0.4, 0.5) is 0 Å². The Hall–Kier alpha value is -0.0400. The molecule has 0 saturated carbocycles. The number of ether oxygens (including phenoxy) is 1. The van der Waals surface area contributed by atoms with E-state index in [-0.39, 0.29) is 0 Å². The minimum atomic E-state index is -1.86. The second-order valence-electron chi connectivity index (χ2n) is 0.822. The summed E-state index contributed by atoms with van der Waals surface area (Å²) in [4.78, 5) is 0. The summed E-state index contributed by atoms with van der Waals surface area (Å²) < 4.78 is 24.5. The van der Waals surface area contributed by atoms with Gasteiger partial charge in [0.15, 0.2) is 0 Å². The van der Waals surface area contributed by atoms with Crippen LogP contribution in [0.5, 0.6) is 0 Å². The average Bonchev–Trinajstić information content (AvgIpc) is 1.99. The van der Waals surface area contributed by atoms with Gasteiger partial charge in [-0.25, -0.2) is 0 Å². The van der Waals surface area contributed by atoms with Crippen molar-refractivity contribution in [2.75, 3.05) is 6.61 Å². The lowest BCUT2D eigenvalue weighted by molar-refractivity contribution is 0.423. The Morgan fingerprint density at radius 1 is 2.50 bits per heavy atom. The molecule has 0 aromatic rings. The Labute approximate surface area is 29.8 Å². The third-order valence-electron chi connectivity index (χ3n) is 0.333. The van der Waals surface area contributed by atoms with Crippen LogP contribution >= 0.6 is 0 Å². The van der Waals surface area contributed by atoms with Gasteiger partial charge in [0.1, 0.15) is 0 Å². The Morgan fingerprint density at radius 2 is 3.25 bits per heavy atom. The lowest BCUT2D eigenvalue weighted by Crippen LogP contribution is -1.60. The zero-order valence-corrected chi connectivity index (χ0v) is 2.19. The molecule has 0 spiro atoms. The highest BCUT2D eigenvalue weighted by atomic mass is 16.6. The lowest BCUT2D eigenvalue weighted by atomic mass is 10.6. The third kappa shape index (κ3) is 0.206. The number of epoxide rings is 1. The molecule has 1 saturated heterocycles. The molecule has 1 nitrogen and oxygen atoms in total. The van der Waals surface area contributed by atoms with E-state index in [4.69, 9.17) is 4.11 Å². The van der Waals surface area contributed by atoms with E-state index in [0.29, 0.717) is 6.61 Å². The van der Waals surface area contributed by atoms with Crippen LogP contribution in [0.1, 0.15) is 11.0 Å². The van der Waals surface area contributed by atoms with Gasteiger partial charge in [-0.3, -0.25) is 0 Å². The molecule has 1 atom stereocenters. The van der Waals surface area contributed by atoms with Crippen LogP contribution in [0.2, 0.25) is 0 Å². The van der Waals surface area contributed by atoms with Gasteiger partial charge in [0.05, 0.1) is 12.7 Å². The summed E-state index contributed by atoms with van der Waals surface area (Å²) in [5.74, 6) is 0. The molecule has 1 unspecified atom stereocenters. The van der Waals surface area contributed by atoms with Gasteiger partial charge in [0.2, 0.25) is 0 Å². The summed E-state index contributed by atoms with van der Waals surface area (Å²) in [7, 11) is 0. The fourth-order valence-electron chi connectivity index (χ4n) is 0.0481. The smallest absolute Gasteiger partial charge is 0.0781 e. The molecule has 0 aromatic carbocycles. The molecular formula is C3H6O. The zero-order chi connectivity index (χ0) is 5.49. The minimum absolute atomic E-state index is 0.413. The molecule has 1 heterocycles. The first kappa shape index (κ1) is 0.716. The van der Waals surface area contributed by atoms with Crippen LogP contribution in [0.25, 0.3) is 0 Å². The van der Waals surface area contributed by atoms with Crippen molar-refractivity contribution in [3.63, 3.8) is 0 Å². The maximum atomic E-state index is 6.66. The average molecular weight is 61.1 g/mol. The van der Waals surface area contributed by atoms with Gasteiger partial charge in [-0.2, -0.15) is 0 Å². The van der Waals surface area contributed by atoms with Crippen LogP contribution in [-0.4, -0.2) is 12.7 Å². The second kappa shape index (κ2) is 0.462. The molecule has 24 valence electrons.